The molecule has 2 rings (SSSR count). The third-order valence-electron chi connectivity index (χ3n) is 3.47. The van der Waals surface area contributed by atoms with Crippen LogP contribution in [0, 0.1) is 0 Å². The minimum absolute atomic E-state index is 0. The van der Waals surface area contributed by atoms with Gasteiger partial charge >= 0.3 is 18.9 Å². The summed E-state index contributed by atoms with van der Waals surface area (Å²) >= 11 is 0. The molecular formula is C19H24LiO5P. The maximum atomic E-state index is 12.9. The first-order chi connectivity index (χ1) is 12.1. The van der Waals surface area contributed by atoms with E-state index in [9.17, 15) is 4.79 Å². The normalized spacial score (nSPS) is 10.3. The first-order valence-electron chi connectivity index (χ1n) is 8.06. The maximum absolute atomic E-state index is 12.9. The predicted octanol–water partition coefficient (Wildman–Crippen LogP) is 0.762. The molecule has 2 aromatic carbocycles. The van der Waals surface area contributed by atoms with Crippen molar-refractivity contribution in [2.75, 3.05) is 27.4 Å². The van der Waals surface area contributed by atoms with Gasteiger partial charge in [0.1, 0.15) is 28.6 Å². The van der Waals surface area contributed by atoms with Crippen LogP contribution in [-0.4, -0.2) is 33.0 Å². The van der Waals surface area contributed by atoms with E-state index in [1.54, 1.807) is 18.2 Å². The number of carbonyl (C=O) groups is 1. The molecule has 0 saturated carbocycles. The van der Waals surface area contributed by atoms with Crippen molar-refractivity contribution in [2.45, 2.75) is 13.8 Å². The van der Waals surface area contributed by atoms with Gasteiger partial charge in [0.25, 0.3) is 0 Å². The van der Waals surface area contributed by atoms with Crippen LogP contribution in [0.2, 0.25) is 0 Å². The summed E-state index contributed by atoms with van der Waals surface area (Å²) in [7, 11) is 2.96. The molecule has 1 unspecified atom stereocenters. The van der Waals surface area contributed by atoms with Gasteiger partial charge in [-0.2, -0.15) is 0 Å². The Labute approximate surface area is 169 Å². The van der Waals surface area contributed by atoms with E-state index in [4.69, 9.17) is 18.9 Å². The molecule has 5 nitrogen and oxygen atoms in total. The fraction of sp³-hybridized carbons (Fsp3) is 0.316. The van der Waals surface area contributed by atoms with Crippen LogP contribution in [0.15, 0.2) is 36.4 Å². The molecule has 0 fully saturated rings. The molecule has 0 spiro atoms. The van der Waals surface area contributed by atoms with E-state index in [0.29, 0.717) is 36.0 Å². The summed E-state index contributed by atoms with van der Waals surface area (Å²) in [5.41, 5.74) is 0.376. The zero-order valence-electron chi connectivity index (χ0n) is 16.9. The van der Waals surface area contributed by atoms with Crippen LogP contribution in [0.25, 0.3) is 0 Å². The Balaban J connectivity index is 0.00000338. The summed E-state index contributed by atoms with van der Waals surface area (Å²) in [6, 6.07) is 10.8. The summed E-state index contributed by atoms with van der Waals surface area (Å²) < 4.78 is 21.9. The molecule has 26 heavy (non-hydrogen) atoms. The van der Waals surface area contributed by atoms with Crippen molar-refractivity contribution in [2.24, 2.45) is 0 Å². The van der Waals surface area contributed by atoms with E-state index < -0.39 is 0 Å². The van der Waals surface area contributed by atoms with Crippen LogP contribution >= 0.6 is 8.58 Å². The minimum atomic E-state index is -0.118. The summed E-state index contributed by atoms with van der Waals surface area (Å²) in [6.07, 6.45) is 0. The largest absolute Gasteiger partial charge is 1.00 e. The second kappa shape index (κ2) is 11.1. The molecule has 0 amide bonds. The number of rotatable bonds is 9. The first kappa shape index (κ1) is 22.4. The molecule has 1 atom stereocenters. The number of hydrogen-bond donors (Lipinski definition) is 0. The summed E-state index contributed by atoms with van der Waals surface area (Å²) in [5.74, 6) is 2.39. The molecule has 0 aliphatic heterocycles. The average molecular weight is 370 g/mol. The average Bonchev–Trinajstić information content (AvgIpc) is 2.63. The number of benzene rings is 2. The smallest absolute Gasteiger partial charge is 1.00 e. The van der Waals surface area contributed by atoms with Crippen LogP contribution < -0.4 is 43.1 Å². The molecule has 0 heterocycles. The van der Waals surface area contributed by atoms with Gasteiger partial charge in [-0.15, -0.1) is 0 Å². The quantitative estimate of drug-likeness (QED) is 0.482. The van der Waals surface area contributed by atoms with Crippen molar-refractivity contribution in [3.63, 3.8) is 0 Å². The first-order valence-corrected chi connectivity index (χ1v) is 9.06. The molecule has 136 valence electrons. The van der Waals surface area contributed by atoms with Crippen molar-refractivity contribution in [3.8, 4) is 23.0 Å². The molecule has 0 bridgehead atoms. The Hall–Kier alpha value is -1.66. The fourth-order valence-electron chi connectivity index (χ4n) is 2.40. The topological polar surface area (TPSA) is 54.0 Å². The van der Waals surface area contributed by atoms with E-state index in [0.717, 1.165) is 11.1 Å². The van der Waals surface area contributed by atoms with E-state index in [1.807, 2.05) is 32.0 Å². The molecule has 0 aromatic heterocycles. The minimum Gasteiger partial charge on any atom is -1.00 e. The third-order valence-corrected chi connectivity index (χ3v) is 4.63. The Kier molecular flexibility index (Phi) is 9.58. The van der Waals surface area contributed by atoms with Gasteiger partial charge in [-0.05, 0) is 46.7 Å². The van der Waals surface area contributed by atoms with Gasteiger partial charge in [0, 0.05) is 11.4 Å². The number of hydrogen-bond acceptors (Lipinski definition) is 5. The molecule has 0 N–H and O–H groups in total. The van der Waals surface area contributed by atoms with E-state index in [2.05, 4.69) is 0 Å². The van der Waals surface area contributed by atoms with Gasteiger partial charge < -0.3 is 20.4 Å². The van der Waals surface area contributed by atoms with Gasteiger partial charge in [0.15, 0.2) is 5.52 Å². The number of carbonyl (C=O) groups excluding carboxylic acids is 1. The van der Waals surface area contributed by atoms with Crippen LogP contribution in [0.3, 0.4) is 0 Å². The molecule has 0 saturated heterocycles. The fourth-order valence-corrected chi connectivity index (χ4v) is 3.45. The van der Waals surface area contributed by atoms with Crippen LogP contribution in [0.1, 0.15) is 25.6 Å². The Bertz CT molecular complexity index is 720. The predicted molar refractivity (Wildman–Crippen MR) is 102 cm³/mol. The Morgan fingerprint density at radius 3 is 2.12 bits per heavy atom. The standard InChI is InChI=1S/C19H23O5P.Li.H/c1-5-23-13-10-11-17(16(12-13)24-6-2)25-19(20)18-14(21-3)8-7-9-15(18)22-4;;/h7-12,25H,5-6H2,1-4H3;;/q;+1;-1. The molecular weight excluding hydrogens is 346 g/mol. The van der Waals surface area contributed by atoms with Gasteiger partial charge in [0.05, 0.1) is 27.4 Å². The molecule has 7 heteroatoms. The number of methoxy groups -OCH3 is 2. The van der Waals surface area contributed by atoms with Crippen molar-refractivity contribution in [1.29, 1.82) is 0 Å². The van der Waals surface area contributed by atoms with Crippen molar-refractivity contribution in [3.05, 3.63) is 42.0 Å². The van der Waals surface area contributed by atoms with Crippen LogP contribution in [0.5, 0.6) is 23.0 Å². The Morgan fingerprint density at radius 1 is 0.962 bits per heavy atom. The number of ether oxygens (including phenoxy) is 4. The maximum Gasteiger partial charge on any atom is 1.00 e. The zero-order valence-corrected chi connectivity index (χ0v) is 16.9. The third kappa shape index (κ3) is 5.41. The monoisotopic (exact) mass is 370 g/mol. The second-order valence-electron chi connectivity index (χ2n) is 5.02. The molecule has 0 radical (unpaired) electrons. The van der Waals surface area contributed by atoms with Crippen LogP contribution in [-0.2, 0) is 0 Å². The second-order valence-corrected chi connectivity index (χ2v) is 6.26. The van der Waals surface area contributed by atoms with Crippen LogP contribution in [0.4, 0.5) is 0 Å². The molecule has 2 aromatic rings. The SMILES string of the molecule is CCOc1ccc(PC(=O)c2c(OC)cccc2OC)c(OCC)c1.[H-].[Li+]. The Morgan fingerprint density at radius 2 is 1.58 bits per heavy atom. The van der Waals surface area contributed by atoms with Crippen molar-refractivity contribution < 1.29 is 44.0 Å². The van der Waals surface area contributed by atoms with E-state index >= 15 is 0 Å². The van der Waals surface area contributed by atoms with Crippen molar-refractivity contribution in [1.82, 2.24) is 0 Å². The summed E-state index contributed by atoms with van der Waals surface area (Å²) in [5, 5.41) is 0.822. The summed E-state index contributed by atoms with van der Waals surface area (Å²) in [4.78, 5) is 12.9. The van der Waals surface area contributed by atoms with Crippen molar-refractivity contribution >= 4 is 19.4 Å². The molecule has 0 aliphatic rings. The summed E-state index contributed by atoms with van der Waals surface area (Å²) in [6.45, 7) is 4.92. The van der Waals surface area contributed by atoms with Gasteiger partial charge in [-0.25, -0.2) is 0 Å². The van der Waals surface area contributed by atoms with Gasteiger partial charge in [-0.3, -0.25) is 4.79 Å². The van der Waals surface area contributed by atoms with E-state index in [-0.39, 0.29) is 34.4 Å². The van der Waals surface area contributed by atoms with Gasteiger partial charge in [0.2, 0.25) is 0 Å². The molecule has 0 aliphatic carbocycles. The zero-order chi connectivity index (χ0) is 18.2. The van der Waals surface area contributed by atoms with Gasteiger partial charge in [-0.1, -0.05) is 6.07 Å². The van der Waals surface area contributed by atoms with E-state index in [1.165, 1.54) is 14.2 Å².